The Hall–Kier alpha value is -1.61. The third kappa shape index (κ3) is 2.49. The Morgan fingerprint density at radius 2 is 2.25 bits per heavy atom. The predicted octanol–water partition coefficient (Wildman–Crippen LogP) is 2.41. The summed E-state index contributed by atoms with van der Waals surface area (Å²) in [5, 5.41) is 3.07. The highest BCUT2D eigenvalue weighted by Crippen LogP contribution is 2.21. The summed E-state index contributed by atoms with van der Waals surface area (Å²) in [7, 11) is 1.92. The smallest absolute Gasteiger partial charge is 0.196 e. The molecule has 3 heteroatoms. The largest absolute Gasteiger partial charge is 0.441 e. The molecule has 1 N–H and O–H groups in total. The van der Waals surface area contributed by atoms with Crippen LogP contribution in [0.4, 0.5) is 0 Å². The van der Waals surface area contributed by atoms with Crippen molar-refractivity contribution in [1.82, 2.24) is 10.3 Å². The molecule has 0 aliphatic heterocycles. The van der Waals surface area contributed by atoms with Gasteiger partial charge in [-0.1, -0.05) is 23.8 Å². The Morgan fingerprint density at radius 1 is 1.38 bits per heavy atom. The lowest BCUT2D eigenvalue weighted by molar-refractivity contribution is 0.500. The molecule has 16 heavy (non-hydrogen) atoms. The number of oxazole rings is 1. The third-order valence-corrected chi connectivity index (χ3v) is 2.45. The number of hydrogen-bond donors (Lipinski definition) is 1. The molecule has 2 aromatic rings. The first kappa shape index (κ1) is 10.9. The van der Waals surface area contributed by atoms with E-state index in [-0.39, 0.29) is 0 Å². The van der Waals surface area contributed by atoms with E-state index >= 15 is 0 Å². The highest BCUT2D eigenvalue weighted by molar-refractivity contribution is 5.57. The third-order valence-electron chi connectivity index (χ3n) is 2.45. The molecule has 1 aromatic carbocycles. The minimum atomic E-state index is 0.783. The molecule has 1 heterocycles. The van der Waals surface area contributed by atoms with Crippen LogP contribution >= 0.6 is 0 Å². The topological polar surface area (TPSA) is 38.1 Å². The van der Waals surface area contributed by atoms with Crippen LogP contribution in [0.2, 0.25) is 0 Å². The van der Waals surface area contributed by atoms with Crippen LogP contribution in [0.3, 0.4) is 0 Å². The van der Waals surface area contributed by atoms with Gasteiger partial charge in [0.15, 0.2) is 11.7 Å². The van der Waals surface area contributed by atoms with Gasteiger partial charge >= 0.3 is 0 Å². The van der Waals surface area contributed by atoms with Crippen LogP contribution in [0.25, 0.3) is 11.3 Å². The maximum absolute atomic E-state index is 5.68. The van der Waals surface area contributed by atoms with Crippen molar-refractivity contribution in [1.29, 1.82) is 0 Å². The van der Waals surface area contributed by atoms with Crippen LogP contribution < -0.4 is 5.32 Å². The molecule has 0 saturated heterocycles. The SMILES string of the molecule is CNCCc1ncc(-c2cccc(C)c2)o1. The van der Waals surface area contributed by atoms with Gasteiger partial charge in [-0.25, -0.2) is 4.98 Å². The van der Waals surface area contributed by atoms with Crippen molar-refractivity contribution in [2.75, 3.05) is 13.6 Å². The molecule has 0 unspecified atom stereocenters. The van der Waals surface area contributed by atoms with Gasteiger partial charge in [-0.3, -0.25) is 0 Å². The summed E-state index contributed by atoms with van der Waals surface area (Å²) in [6.45, 7) is 2.95. The lowest BCUT2D eigenvalue weighted by Gasteiger charge is -1.97. The number of aromatic nitrogens is 1. The summed E-state index contributed by atoms with van der Waals surface area (Å²) in [5.74, 6) is 1.63. The normalized spacial score (nSPS) is 10.6. The van der Waals surface area contributed by atoms with Crippen LogP contribution in [0, 0.1) is 6.92 Å². The number of benzene rings is 1. The Kier molecular flexibility index (Phi) is 3.37. The maximum atomic E-state index is 5.68. The van der Waals surface area contributed by atoms with Gasteiger partial charge in [0.05, 0.1) is 6.20 Å². The van der Waals surface area contributed by atoms with Crippen molar-refractivity contribution in [3.63, 3.8) is 0 Å². The minimum Gasteiger partial charge on any atom is -0.441 e. The van der Waals surface area contributed by atoms with Crippen molar-refractivity contribution in [3.05, 3.63) is 41.9 Å². The molecule has 0 atom stereocenters. The van der Waals surface area contributed by atoms with Crippen LogP contribution in [-0.4, -0.2) is 18.6 Å². The summed E-state index contributed by atoms with van der Waals surface area (Å²) in [6, 6.07) is 8.24. The Bertz CT molecular complexity index is 462. The average molecular weight is 216 g/mol. The lowest BCUT2D eigenvalue weighted by Crippen LogP contribution is -2.10. The van der Waals surface area contributed by atoms with Crippen molar-refractivity contribution >= 4 is 0 Å². The number of hydrogen-bond acceptors (Lipinski definition) is 3. The first-order chi connectivity index (χ1) is 7.79. The fourth-order valence-electron chi connectivity index (χ4n) is 1.59. The average Bonchev–Trinajstić information content (AvgIpc) is 2.75. The van der Waals surface area contributed by atoms with Crippen LogP contribution in [0.5, 0.6) is 0 Å². The summed E-state index contributed by atoms with van der Waals surface area (Å²) in [5.41, 5.74) is 2.31. The molecule has 0 spiro atoms. The van der Waals surface area contributed by atoms with Gasteiger partial charge in [-0.15, -0.1) is 0 Å². The number of rotatable bonds is 4. The van der Waals surface area contributed by atoms with E-state index in [1.165, 1.54) is 5.56 Å². The molecule has 0 amide bonds. The highest BCUT2D eigenvalue weighted by atomic mass is 16.4. The van der Waals surface area contributed by atoms with Crippen molar-refractivity contribution in [2.24, 2.45) is 0 Å². The van der Waals surface area contributed by atoms with Gasteiger partial charge in [-0.2, -0.15) is 0 Å². The molecule has 0 radical (unpaired) electrons. The molecular weight excluding hydrogens is 200 g/mol. The summed E-state index contributed by atoms with van der Waals surface area (Å²) < 4.78 is 5.68. The van der Waals surface area contributed by atoms with Gasteiger partial charge < -0.3 is 9.73 Å². The molecule has 0 saturated carbocycles. The van der Waals surface area contributed by atoms with E-state index in [1.807, 2.05) is 19.2 Å². The van der Waals surface area contributed by atoms with Crippen molar-refractivity contribution < 1.29 is 4.42 Å². The van der Waals surface area contributed by atoms with Crippen LogP contribution in [0.15, 0.2) is 34.9 Å². The molecule has 0 aliphatic rings. The van der Waals surface area contributed by atoms with E-state index in [4.69, 9.17) is 4.42 Å². The van der Waals surface area contributed by atoms with Crippen molar-refractivity contribution in [3.8, 4) is 11.3 Å². The Morgan fingerprint density at radius 3 is 3.00 bits per heavy atom. The second kappa shape index (κ2) is 4.94. The lowest BCUT2D eigenvalue weighted by atomic mass is 10.1. The molecule has 84 valence electrons. The van der Waals surface area contributed by atoms with E-state index in [1.54, 1.807) is 6.20 Å². The van der Waals surface area contributed by atoms with Crippen LogP contribution in [-0.2, 0) is 6.42 Å². The predicted molar refractivity (Wildman–Crippen MR) is 64.3 cm³/mol. The quantitative estimate of drug-likeness (QED) is 0.853. The summed E-state index contributed by atoms with van der Waals surface area (Å²) in [4.78, 5) is 4.25. The number of likely N-dealkylation sites (N-methyl/N-ethyl adjacent to an activating group) is 1. The molecule has 0 aliphatic carbocycles. The van der Waals surface area contributed by atoms with E-state index in [9.17, 15) is 0 Å². The zero-order valence-corrected chi connectivity index (χ0v) is 9.66. The minimum absolute atomic E-state index is 0.783. The standard InChI is InChI=1S/C13H16N2O/c1-10-4-3-5-11(8-10)12-9-15-13(16-12)6-7-14-2/h3-5,8-9,14H,6-7H2,1-2H3. The van der Waals surface area contributed by atoms with Gasteiger partial charge in [-0.05, 0) is 20.0 Å². The van der Waals surface area contributed by atoms with E-state index in [0.717, 1.165) is 30.2 Å². The molecule has 1 aromatic heterocycles. The number of aryl methyl sites for hydroxylation is 1. The van der Waals surface area contributed by atoms with Gasteiger partial charge in [0.2, 0.25) is 0 Å². The molecular formula is C13H16N2O. The van der Waals surface area contributed by atoms with Crippen molar-refractivity contribution in [2.45, 2.75) is 13.3 Å². The van der Waals surface area contributed by atoms with Crippen LogP contribution in [0.1, 0.15) is 11.5 Å². The van der Waals surface area contributed by atoms with Gasteiger partial charge in [0.1, 0.15) is 0 Å². The van der Waals surface area contributed by atoms with Gasteiger partial charge in [0.25, 0.3) is 0 Å². The Labute approximate surface area is 95.5 Å². The summed E-state index contributed by atoms with van der Waals surface area (Å²) in [6.07, 6.45) is 2.61. The summed E-state index contributed by atoms with van der Waals surface area (Å²) >= 11 is 0. The fraction of sp³-hybridized carbons (Fsp3) is 0.308. The van der Waals surface area contributed by atoms with Gasteiger partial charge in [0, 0.05) is 18.5 Å². The highest BCUT2D eigenvalue weighted by Gasteiger charge is 2.05. The van der Waals surface area contributed by atoms with E-state index in [0.29, 0.717) is 0 Å². The molecule has 0 bridgehead atoms. The molecule has 0 fully saturated rings. The number of nitrogens with one attached hydrogen (secondary N) is 1. The number of nitrogens with zero attached hydrogens (tertiary/aromatic N) is 1. The zero-order chi connectivity index (χ0) is 11.4. The maximum Gasteiger partial charge on any atom is 0.196 e. The van der Waals surface area contributed by atoms with E-state index in [2.05, 4.69) is 29.4 Å². The molecule has 3 nitrogen and oxygen atoms in total. The Balaban J connectivity index is 2.18. The monoisotopic (exact) mass is 216 g/mol. The first-order valence-corrected chi connectivity index (χ1v) is 5.46. The molecule has 2 rings (SSSR count). The fourth-order valence-corrected chi connectivity index (χ4v) is 1.59. The second-order valence-electron chi connectivity index (χ2n) is 3.84. The van der Waals surface area contributed by atoms with E-state index < -0.39 is 0 Å². The zero-order valence-electron chi connectivity index (χ0n) is 9.66. The first-order valence-electron chi connectivity index (χ1n) is 5.46. The second-order valence-corrected chi connectivity index (χ2v) is 3.84.